The molecule has 0 radical (unpaired) electrons. The van der Waals surface area contributed by atoms with E-state index in [-0.39, 0.29) is 49.9 Å². The summed E-state index contributed by atoms with van der Waals surface area (Å²) in [7, 11) is 0. The van der Waals surface area contributed by atoms with Gasteiger partial charge in [-0.15, -0.1) is 37.2 Å². The van der Waals surface area contributed by atoms with Gasteiger partial charge in [-0.1, -0.05) is 12.1 Å². The highest BCUT2D eigenvalue weighted by atomic mass is 35.5. The second-order valence-corrected chi connectivity index (χ2v) is 7.32. The normalized spacial score (nSPS) is 18.4. The summed E-state index contributed by atoms with van der Waals surface area (Å²) in [6.07, 6.45) is -0.340. The van der Waals surface area contributed by atoms with Gasteiger partial charge in [0.2, 0.25) is 0 Å². The summed E-state index contributed by atoms with van der Waals surface area (Å²) < 4.78 is 33.3. The summed E-state index contributed by atoms with van der Waals surface area (Å²) >= 11 is 0. The van der Waals surface area contributed by atoms with Gasteiger partial charge in [-0.3, -0.25) is 0 Å². The van der Waals surface area contributed by atoms with Crippen molar-refractivity contribution in [3.8, 4) is 0 Å². The Hall–Kier alpha value is -1.22. The van der Waals surface area contributed by atoms with E-state index >= 15 is 0 Å². The minimum Gasteiger partial charge on any atom is -0.384 e. The Morgan fingerprint density at radius 1 is 1.23 bits per heavy atom. The molecule has 3 rings (SSSR count). The predicted molar refractivity (Wildman–Crippen MR) is 128 cm³/mol. The Bertz CT molecular complexity index is 768. The Kier molecular flexibility index (Phi) is 14.2. The number of anilines is 1. The third-order valence-corrected chi connectivity index (χ3v) is 4.94. The predicted octanol–water partition coefficient (Wildman–Crippen LogP) is 3.82. The van der Waals surface area contributed by atoms with Crippen LogP contribution in [0.15, 0.2) is 36.4 Å². The van der Waals surface area contributed by atoms with Gasteiger partial charge in [0.15, 0.2) is 0 Å². The number of pyridine rings is 1. The standard InChI is InChI=1S/C21H28F2N4O.3ClH/c1-14-7-18(27-21(24)8-14)10-16-11-26-13-20(16)28-6-5-25-12-19(23)15-3-2-4-17(22)9-15;;;/h2-4,7-9,16,19-20,25-26H,5-6,10-13H2,1H3,(H2,24,27);3*1H/t16-,19?,20+;;;/m1.../s1. The number of nitrogens with one attached hydrogen (secondary N) is 2. The molecule has 0 bridgehead atoms. The quantitative estimate of drug-likeness (QED) is 0.458. The molecule has 1 aromatic heterocycles. The molecule has 1 fully saturated rings. The molecule has 2 aromatic rings. The van der Waals surface area contributed by atoms with E-state index in [4.69, 9.17) is 10.5 Å². The molecule has 1 aromatic carbocycles. The summed E-state index contributed by atoms with van der Waals surface area (Å²) in [5.41, 5.74) is 8.27. The summed E-state index contributed by atoms with van der Waals surface area (Å²) in [5.74, 6) is 0.449. The molecule has 176 valence electrons. The molecule has 0 spiro atoms. The minimum atomic E-state index is -1.24. The van der Waals surface area contributed by atoms with Crippen molar-refractivity contribution in [1.29, 1.82) is 0 Å². The maximum Gasteiger partial charge on any atom is 0.138 e. The van der Waals surface area contributed by atoms with Gasteiger partial charge in [-0.25, -0.2) is 13.8 Å². The zero-order valence-electron chi connectivity index (χ0n) is 17.4. The van der Waals surface area contributed by atoms with E-state index in [1.165, 1.54) is 18.2 Å². The Labute approximate surface area is 201 Å². The summed E-state index contributed by atoms with van der Waals surface area (Å²) in [4.78, 5) is 4.41. The van der Waals surface area contributed by atoms with Crippen LogP contribution < -0.4 is 16.4 Å². The largest absolute Gasteiger partial charge is 0.384 e. The molecule has 0 aliphatic carbocycles. The van der Waals surface area contributed by atoms with Gasteiger partial charge in [-0.05, 0) is 48.7 Å². The highest BCUT2D eigenvalue weighted by Crippen LogP contribution is 2.20. The first-order valence-electron chi connectivity index (χ1n) is 9.67. The monoisotopic (exact) mass is 498 g/mol. The van der Waals surface area contributed by atoms with E-state index < -0.39 is 12.0 Å². The zero-order valence-corrected chi connectivity index (χ0v) is 19.8. The number of aryl methyl sites for hydroxylation is 1. The fourth-order valence-corrected chi connectivity index (χ4v) is 3.58. The van der Waals surface area contributed by atoms with Crippen LogP contribution in [-0.2, 0) is 11.2 Å². The molecular formula is C21H31Cl3F2N4O. The van der Waals surface area contributed by atoms with Crippen LogP contribution in [0, 0.1) is 18.7 Å². The van der Waals surface area contributed by atoms with E-state index in [0.717, 1.165) is 30.8 Å². The van der Waals surface area contributed by atoms with Gasteiger partial charge >= 0.3 is 0 Å². The molecule has 4 N–H and O–H groups in total. The van der Waals surface area contributed by atoms with Crippen molar-refractivity contribution >= 4 is 43.0 Å². The van der Waals surface area contributed by atoms with Crippen molar-refractivity contribution in [2.75, 3.05) is 38.5 Å². The maximum atomic E-state index is 14.1. The molecule has 1 aliphatic rings. The highest BCUT2D eigenvalue weighted by Gasteiger charge is 2.28. The number of hydrogen-bond donors (Lipinski definition) is 3. The fourth-order valence-electron chi connectivity index (χ4n) is 3.58. The number of nitrogens with zero attached hydrogens (tertiary/aromatic N) is 1. The molecule has 0 saturated carbocycles. The van der Waals surface area contributed by atoms with Crippen molar-refractivity contribution < 1.29 is 13.5 Å². The molecule has 0 amide bonds. The number of hydrogen-bond acceptors (Lipinski definition) is 5. The molecular weight excluding hydrogens is 469 g/mol. The van der Waals surface area contributed by atoms with Crippen LogP contribution in [-0.4, -0.2) is 43.9 Å². The van der Waals surface area contributed by atoms with Crippen molar-refractivity contribution in [1.82, 2.24) is 15.6 Å². The van der Waals surface area contributed by atoms with Gasteiger partial charge < -0.3 is 21.1 Å². The molecule has 1 aliphatic heterocycles. The Morgan fingerprint density at radius 3 is 2.71 bits per heavy atom. The van der Waals surface area contributed by atoms with Gasteiger partial charge in [0.25, 0.3) is 0 Å². The molecule has 5 nitrogen and oxygen atoms in total. The smallest absolute Gasteiger partial charge is 0.138 e. The lowest BCUT2D eigenvalue weighted by Crippen LogP contribution is -2.30. The molecule has 10 heteroatoms. The number of benzene rings is 1. The summed E-state index contributed by atoms with van der Waals surface area (Å²) in [5, 5.41) is 6.39. The van der Waals surface area contributed by atoms with Crippen molar-refractivity contribution in [3.63, 3.8) is 0 Å². The second kappa shape index (κ2) is 14.8. The first-order chi connectivity index (χ1) is 13.5. The highest BCUT2D eigenvalue weighted by molar-refractivity contribution is 5.86. The van der Waals surface area contributed by atoms with E-state index in [9.17, 15) is 8.78 Å². The summed E-state index contributed by atoms with van der Waals surface area (Å²) in [6, 6.07) is 9.56. The molecule has 1 saturated heterocycles. The van der Waals surface area contributed by atoms with E-state index in [0.29, 0.717) is 30.5 Å². The van der Waals surface area contributed by atoms with E-state index in [2.05, 4.69) is 21.7 Å². The van der Waals surface area contributed by atoms with E-state index in [1.54, 1.807) is 6.07 Å². The number of nitrogens with two attached hydrogens (primary N) is 1. The molecule has 1 unspecified atom stereocenters. The van der Waals surface area contributed by atoms with Crippen molar-refractivity contribution in [2.45, 2.75) is 25.6 Å². The lowest BCUT2D eigenvalue weighted by atomic mass is 9.99. The molecule has 2 heterocycles. The first-order valence-corrected chi connectivity index (χ1v) is 9.67. The number of rotatable bonds is 9. The summed E-state index contributed by atoms with van der Waals surface area (Å²) in [6.45, 7) is 4.83. The van der Waals surface area contributed by atoms with Crippen molar-refractivity contribution in [2.24, 2.45) is 5.92 Å². The van der Waals surface area contributed by atoms with Crippen LogP contribution in [0.1, 0.15) is 23.0 Å². The zero-order chi connectivity index (χ0) is 19.9. The number of alkyl halides is 1. The lowest BCUT2D eigenvalue weighted by Gasteiger charge is -2.19. The molecule has 3 atom stereocenters. The first kappa shape index (κ1) is 29.8. The number of ether oxygens (including phenoxy) is 1. The van der Waals surface area contributed by atoms with Gasteiger partial charge in [0.1, 0.15) is 17.8 Å². The molecule has 31 heavy (non-hydrogen) atoms. The van der Waals surface area contributed by atoms with Crippen LogP contribution >= 0.6 is 37.2 Å². The minimum absolute atomic E-state index is 0. The van der Waals surface area contributed by atoms with Crippen molar-refractivity contribution in [3.05, 3.63) is 59.0 Å². The van der Waals surface area contributed by atoms with Crippen LogP contribution in [0.5, 0.6) is 0 Å². The Balaban J connectivity index is 0.00000300. The topological polar surface area (TPSA) is 72.2 Å². The number of aromatic nitrogens is 1. The third-order valence-electron chi connectivity index (χ3n) is 4.94. The van der Waals surface area contributed by atoms with Crippen LogP contribution in [0.2, 0.25) is 0 Å². The lowest BCUT2D eigenvalue weighted by molar-refractivity contribution is 0.0391. The number of nitrogen functional groups attached to an aromatic ring is 1. The average molecular weight is 500 g/mol. The second-order valence-electron chi connectivity index (χ2n) is 7.32. The van der Waals surface area contributed by atoms with Gasteiger partial charge in [0, 0.05) is 37.8 Å². The SMILES string of the molecule is Cc1cc(N)nc(C[C@@H]2CNC[C@@H]2OCCNCC(F)c2cccc(F)c2)c1.Cl.Cl.Cl. The maximum absolute atomic E-state index is 14.1. The number of halogens is 5. The van der Waals surface area contributed by atoms with Crippen LogP contribution in [0.4, 0.5) is 14.6 Å². The fraction of sp³-hybridized carbons (Fsp3) is 0.476. The van der Waals surface area contributed by atoms with Crippen LogP contribution in [0.25, 0.3) is 0 Å². The van der Waals surface area contributed by atoms with Crippen LogP contribution in [0.3, 0.4) is 0 Å². The Morgan fingerprint density at radius 2 is 2.00 bits per heavy atom. The average Bonchev–Trinajstić information content (AvgIpc) is 3.07. The van der Waals surface area contributed by atoms with Gasteiger partial charge in [0.05, 0.1) is 12.7 Å². The third kappa shape index (κ3) is 9.43. The van der Waals surface area contributed by atoms with E-state index in [1.807, 2.05) is 13.0 Å². The van der Waals surface area contributed by atoms with Gasteiger partial charge in [-0.2, -0.15) is 0 Å².